The van der Waals surface area contributed by atoms with Gasteiger partial charge in [-0.15, -0.1) is 0 Å². The van der Waals surface area contributed by atoms with Crippen molar-refractivity contribution in [3.63, 3.8) is 0 Å². The van der Waals surface area contributed by atoms with E-state index in [9.17, 15) is 39.9 Å². The third-order valence-corrected chi connectivity index (χ3v) is 13.3. The molecule has 4 fully saturated rings. The van der Waals surface area contributed by atoms with Crippen LogP contribution in [0.1, 0.15) is 42.4 Å². The van der Waals surface area contributed by atoms with Crippen LogP contribution < -0.4 is 25.0 Å². The van der Waals surface area contributed by atoms with Gasteiger partial charge in [-0.3, -0.25) is 14.4 Å². The molecule has 3 aromatic heterocycles. The van der Waals surface area contributed by atoms with Crippen LogP contribution in [-0.2, 0) is 25.6 Å². The van der Waals surface area contributed by atoms with Gasteiger partial charge in [-0.05, 0) is 86.3 Å². The fourth-order valence-corrected chi connectivity index (χ4v) is 10.2. The molecule has 0 saturated carbocycles. The minimum atomic E-state index is -4.84. The monoisotopic (exact) mass is 922 g/mol. The quantitative estimate of drug-likeness (QED) is 0.133. The van der Waals surface area contributed by atoms with Gasteiger partial charge in [0.25, 0.3) is 0 Å². The number of nitrogens with zero attached hydrogens (tertiary/aromatic N) is 9. The highest BCUT2D eigenvalue weighted by molar-refractivity contribution is 5.76. The van der Waals surface area contributed by atoms with Crippen LogP contribution >= 0.6 is 0 Å². The first-order valence-corrected chi connectivity index (χ1v) is 21.4. The van der Waals surface area contributed by atoms with E-state index in [1.54, 1.807) is 4.57 Å². The van der Waals surface area contributed by atoms with E-state index in [2.05, 4.69) is 34.7 Å². The van der Waals surface area contributed by atoms with E-state index in [0.717, 1.165) is 86.2 Å². The number of hydrogen-bond acceptors (Lipinski definition) is 11. The summed E-state index contributed by atoms with van der Waals surface area (Å²) < 4.78 is 123. The van der Waals surface area contributed by atoms with E-state index in [1.807, 2.05) is 28.0 Å². The van der Waals surface area contributed by atoms with Crippen LogP contribution in [0.3, 0.4) is 0 Å². The molecule has 346 valence electrons. The number of halogens is 8. The van der Waals surface area contributed by atoms with Crippen LogP contribution in [0.4, 0.5) is 46.8 Å². The van der Waals surface area contributed by atoms with Crippen LogP contribution in [0.5, 0.6) is 23.0 Å². The van der Waals surface area contributed by atoms with Crippen molar-refractivity contribution in [2.24, 2.45) is 10.8 Å². The first-order chi connectivity index (χ1) is 31.5. The molecule has 4 aliphatic rings. The van der Waals surface area contributed by atoms with Crippen molar-refractivity contribution in [2.45, 2.75) is 51.2 Å². The Balaban J connectivity index is 0.764. The highest BCUT2D eigenvalue weighted by Crippen LogP contribution is 2.47. The fraction of sp³-hybridized carbons (Fsp3) is 0.400. The van der Waals surface area contributed by atoms with E-state index >= 15 is 0 Å². The molecule has 1 N–H and O–H groups in total. The molecule has 2 spiro atoms. The van der Waals surface area contributed by atoms with Crippen LogP contribution in [0.25, 0.3) is 11.0 Å². The summed E-state index contributed by atoms with van der Waals surface area (Å²) in [6, 6.07) is 10.5. The molecule has 2 atom stereocenters. The number of H-pyrrole nitrogens is 1. The molecule has 66 heavy (non-hydrogen) atoms. The molecule has 3 aromatic carbocycles. The van der Waals surface area contributed by atoms with Gasteiger partial charge in [-0.2, -0.15) is 26.3 Å². The molecule has 7 heterocycles. The Kier molecular flexibility index (Phi) is 10.9. The molecular weight excluding hydrogens is 881 g/mol. The largest absolute Gasteiger partial charge is 0.451 e. The van der Waals surface area contributed by atoms with Gasteiger partial charge in [-0.1, -0.05) is 6.07 Å². The summed E-state index contributed by atoms with van der Waals surface area (Å²) in [6.45, 7) is 6.40. The van der Waals surface area contributed by atoms with Crippen molar-refractivity contribution in [3.05, 3.63) is 118 Å². The lowest BCUT2D eigenvalue weighted by atomic mass is 9.86. The molecule has 0 aliphatic carbocycles. The molecule has 10 rings (SSSR count). The molecule has 4 saturated heterocycles. The van der Waals surface area contributed by atoms with E-state index in [0.29, 0.717) is 69.7 Å². The lowest BCUT2D eigenvalue weighted by Gasteiger charge is -2.26. The summed E-state index contributed by atoms with van der Waals surface area (Å²) in [5.74, 6) is -2.37. The molecule has 0 bridgehead atoms. The highest BCUT2D eigenvalue weighted by Gasteiger charge is 2.46. The maximum absolute atomic E-state index is 13.8. The Bertz CT molecular complexity index is 2860. The zero-order valence-electron chi connectivity index (χ0n) is 35.2. The van der Waals surface area contributed by atoms with Crippen molar-refractivity contribution in [2.75, 3.05) is 62.2 Å². The molecule has 6 aromatic rings. The van der Waals surface area contributed by atoms with Crippen LogP contribution in [0, 0.1) is 22.5 Å². The third-order valence-electron chi connectivity index (χ3n) is 13.3. The normalized spacial score (nSPS) is 21.6. The van der Waals surface area contributed by atoms with Crippen molar-refractivity contribution in [1.82, 2.24) is 39.3 Å². The summed E-state index contributed by atoms with van der Waals surface area (Å²) >= 11 is 0. The van der Waals surface area contributed by atoms with Crippen LogP contribution in [0.15, 0.2) is 84.4 Å². The molecule has 21 heteroatoms. The number of benzene rings is 3. The van der Waals surface area contributed by atoms with Gasteiger partial charge < -0.3 is 24.3 Å². The lowest BCUT2D eigenvalue weighted by molar-refractivity contribution is -0.139. The Morgan fingerprint density at radius 2 is 1.14 bits per heavy atom. The van der Waals surface area contributed by atoms with Gasteiger partial charge in [0.05, 0.1) is 30.1 Å². The molecule has 4 aliphatic heterocycles. The zero-order chi connectivity index (χ0) is 46.0. The maximum Gasteiger partial charge on any atom is 0.420 e. The zero-order valence-corrected chi connectivity index (χ0v) is 35.2. The Hall–Kier alpha value is -6.35. The number of rotatable bonds is 10. The minimum absolute atomic E-state index is 0.0279. The van der Waals surface area contributed by atoms with Gasteiger partial charge in [0, 0.05) is 63.2 Å². The second-order valence-electron chi connectivity index (χ2n) is 17.9. The summed E-state index contributed by atoms with van der Waals surface area (Å²) in [5.41, 5.74) is -0.421. The number of anilines is 2. The Morgan fingerprint density at radius 1 is 0.621 bits per heavy atom. The number of nitrogens with one attached hydrogen (secondary N) is 1. The molecule has 0 radical (unpaired) electrons. The predicted octanol–water partition coefficient (Wildman–Crippen LogP) is 8.47. The third kappa shape index (κ3) is 8.60. The van der Waals surface area contributed by atoms with Gasteiger partial charge in [0.2, 0.25) is 0 Å². The number of fused-ring (bicyclic) bond motifs is 1. The predicted molar refractivity (Wildman–Crippen MR) is 224 cm³/mol. The minimum Gasteiger partial charge on any atom is -0.451 e. The van der Waals surface area contributed by atoms with E-state index in [-0.39, 0.29) is 28.0 Å². The summed E-state index contributed by atoms with van der Waals surface area (Å²) in [6.07, 6.45) is -1.06. The van der Waals surface area contributed by atoms with Gasteiger partial charge in [0.1, 0.15) is 46.9 Å². The van der Waals surface area contributed by atoms with Crippen LogP contribution in [0.2, 0.25) is 0 Å². The molecule has 2 unspecified atom stereocenters. The standard InChI is InChI=1S/C45H42F8N10O3/c46-29-2-5-35(31(16-29)44(48,49)50)65-37-18-54-25-56-39(37)61-13-9-42(23-61)7-11-59(21-42)20-28-1-4-34-33(15-28)58-41(64)63(34)27-60-12-8-43(22-60)10-14-62(24-43)40-38(19-55-26-57-40)66-36-6-3-30(47)17-32(36)45(51,52)53/h1-6,15-19,25-26H,7-14,20-24,27H2,(H,58,64). The smallest absolute Gasteiger partial charge is 0.420 e. The van der Waals surface area contributed by atoms with Gasteiger partial charge >= 0.3 is 18.0 Å². The van der Waals surface area contributed by atoms with Crippen molar-refractivity contribution >= 4 is 22.7 Å². The number of aromatic nitrogens is 6. The van der Waals surface area contributed by atoms with Crippen molar-refractivity contribution < 1.29 is 44.6 Å². The maximum atomic E-state index is 13.8. The van der Waals surface area contributed by atoms with Crippen molar-refractivity contribution in [3.8, 4) is 23.0 Å². The number of hydrogen-bond donors (Lipinski definition) is 1. The van der Waals surface area contributed by atoms with E-state index < -0.39 is 46.6 Å². The first-order valence-electron chi connectivity index (χ1n) is 21.4. The molecular formula is C45H42F8N10O3. The topological polar surface area (TPSA) is 121 Å². The van der Waals surface area contributed by atoms with Gasteiger partial charge in [-0.25, -0.2) is 33.5 Å². The Morgan fingerprint density at radius 3 is 1.68 bits per heavy atom. The average Bonchev–Trinajstić information content (AvgIpc) is 4.12. The van der Waals surface area contributed by atoms with E-state index in [1.165, 1.54) is 25.0 Å². The second-order valence-corrected chi connectivity index (χ2v) is 17.9. The van der Waals surface area contributed by atoms with Gasteiger partial charge in [0.15, 0.2) is 23.1 Å². The number of likely N-dealkylation sites (tertiary alicyclic amines) is 2. The van der Waals surface area contributed by atoms with Crippen molar-refractivity contribution in [1.29, 1.82) is 0 Å². The summed E-state index contributed by atoms with van der Waals surface area (Å²) in [7, 11) is 0. The number of imidazole rings is 1. The number of aromatic amines is 1. The first kappa shape index (κ1) is 43.5. The summed E-state index contributed by atoms with van der Waals surface area (Å²) in [4.78, 5) is 41.7. The second kappa shape index (κ2) is 16.5. The number of ether oxygens (including phenoxy) is 2. The van der Waals surface area contributed by atoms with Crippen LogP contribution in [-0.4, -0.2) is 91.6 Å². The highest BCUT2D eigenvalue weighted by atomic mass is 19.4. The molecule has 13 nitrogen and oxygen atoms in total. The van der Waals surface area contributed by atoms with E-state index in [4.69, 9.17) is 9.47 Å². The SMILES string of the molecule is O=c1[nH]c2cc(CN3CCC4(CCN(c5ncncc5Oc5ccc(F)cc5C(F)(F)F)C4)C3)ccc2n1CN1CCC2(CCN(c3ncncc3Oc3ccc(F)cc3C(F)(F)F)C2)C1. The fourth-order valence-electron chi connectivity index (χ4n) is 10.2. The summed E-state index contributed by atoms with van der Waals surface area (Å²) in [5, 5.41) is 0. The average molecular weight is 923 g/mol. The number of alkyl halides is 6. The lowest BCUT2D eigenvalue weighted by Crippen LogP contribution is -2.34. The Labute approximate surface area is 371 Å². The molecule has 0 amide bonds.